The van der Waals surface area contributed by atoms with Gasteiger partial charge >= 0.3 is 0 Å². The standard InChI is InChI=1S/C20H31N5/c1-23-17-20(16-22-23)15-21-9-5-6-10-24-11-13-25(14-12-24)18-19-7-3-2-4-8-19/h2-4,7-8,16-17,21H,5-6,9-15,18H2,1H3. The van der Waals surface area contributed by atoms with Crippen molar-refractivity contribution in [1.82, 2.24) is 24.9 Å². The summed E-state index contributed by atoms with van der Waals surface area (Å²) in [4.78, 5) is 5.18. The van der Waals surface area contributed by atoms with E-state index in [2.05, 4.69) is 56.7 Å². The average molecular weight is 342 g/mol. The quantitative estimate of drug-likeness (QED) is 0.709. The van der Waals surface area contributed by atoms with E-state index >= 15 is 0 Å². The molecule has 5 nitrogen and oxygen atoms in total. The fourth-order valence-corrected chi connectivity index (χ4v) is 3.39. The second-order valence-electron chi connectivity index (χ2n) is 7.01. The zero-order valence-electron chi connectivity index (χ0n) is 15.4. The van der Waals surface area contributed by atoms with Crippen LogP contribution in [0.4, 0.5) is 0 Å². The van der Waals surface area contributed by atoms with E-state index in [1.807, 2.05) is 17.9 Å². The van der Waals surface area contributed by atoms with E-state index < -0.39 is 0 Å². The van der Waals surface area contributed by atoms with E-state index in [0.717, 1.165) is 19.6 Å². The van der Waals surface area contributed by atoms with Crippen LogP contribution in [0.25, 0.3) is 0 Å². The molecule has 1 aromatic carbocycles. The molecule has 0 amide bonds. The Morgan fingerprint density at radius 1 is 0.960 bits per heavy atom. The van der Waals surface area contributed by atoms with Gasteiger partial charge in [-0.05, 0) is 31.5 Å². The van der Waals surface area contributed by atoms with Gasteiger partial charge in [0.15, 0.2) is 0 Å². The minimum Gasteiger partial charge on any atom is -0.313 e. The minimum atomic E-state index is 0.923. The third kappa shape index (κ3) is 6.27. The number of nitrogens with zero attached hydrogens (tertiary/aromatic N) is 4. The first-order valence-corrected chi connectivity index (χ1v) is 9.46. The van der Waals surface area contributed by atoms with Gasteiger partial charge in [-0.25, -0.2) is 0 Å². The Labute approximate surface area is 151 Å². The molecule has 0 atom stereocenters. The third-order valence-corrected chi connectivity index (χ3v) is 4.88. The van der Waals surface area contributed by atoms with Crippen LogP contribution < -0.4 is 5.32 Å². The highest BCUT2D eigenvalue weighted by atomic mass is 15.3. The number of piperazine rings is 1. The molecular formula is C20H31N5. The first kappa shape index (κ1) is 18.1. The zero-order chi connectivity index (χ0) is 17.3. The summed E-state index contributed by atoms with van der Waals surface area (Å²) in [7, 11) is 1.96. The Kier molecular flexibility index (Phi) is 7.03. The van der Waals surface area contributed by atoms with Gasteiger partial charge in [-0.3, -0.25) is 9.58 Å². The van der Waals surface area contributed by atoms with Crippen LogP contribution in [-0.2, 0) is 20.1 Å². The lowest BCUT2D eigenvalue weighted by molar-refractivity contribution is 0.125. The van der Waals surface area contributed by atoms with Crippen LogP contribution in [0.5, 0.6) is 0 Å². The number of nitrogens with one attached hydrogen (secondary N) is 1. The molecule has 1 aliphatic heterocycles. The van der Waals surface area contributed by atoms with Crippen molar-refractivity contribution in [3.8, 4) is 0 Å². The molecule has 1 saturated heterocycles. The van der Waals surface area contributed by atoms with E-state index in [1.54, 1.807) is 0 Å². The molecule has 0 unspecified atom stereocenters. The van der Waals surface area contributed by atoms with Gasteiger partial charge in [0.05, 0.1) is 6.20 Å². The predicted octanol–water partition coefficient (Wildman–Crippen LogP) is 2.11. The molecule has 0 saturated carbocycles. The summed E-state index contributed by atoms with van der Waals surface area (Å²) in [6.45, 7) is 9.11. The topological polar surface area (TPSA) is 36.3 Å². The van der Waals surface area contributed by atoms with Crippen molar-refractivity contribution in [2.24, 2.45) is 7.05 Å². The smallest absolute Gasteiger partial charge is 0.0534 e. The molecular weight excluding hydrogens is 310 g/mol. The lowest BCUT2D eigenvalue weighted by Gasteiger charge is -2.34. The maximum absolute atomic E-state index is 4.19. The summed E-state index contributed by atoms with van der Waals surface area (Å²) < 4.78 is 1.86. The normalized spacial score (nSPS) is 16.4. The van der Waals surface area contributed by atoms with Crippen LogP contribution in [0, 0.1) is 0 Å². The monoisotopic (exact) mass is 341 g/mol. The predicted molar refractivity (Wildman–Crippen MR) is 102 cm³/mol. The van der Waals surface area contributed by atoms with Gasteiger partial charge in [0.2, 0.25) is 0 Å². The summed E-state index contributed by atoms with van der Waals surface area (Å²) in [5, 5.41) is 7.70. The molecule has 1 N–H and O–H groups in total. The van der Waals surface area contributed by atoms with Crippen molar-refractivity contribution < 1.29 is 0 Å². The highest BCUT2D eigenvalue weighted by molar-refractivity contribution is 5.14. The molecule has 136 valence electrons. The molecule has 0 spiro atoms. The number of hydrogen-bond acceptors (Lipinski definition) is 4. The SMILES string of the molecule is Cn1cc(CNCCCCN2CCN(Cc3ccccc3)CC2)cn1. The highest BCUT2D eigenvalue weighted by Crippen LogP contribution is 2.09. The van der Waals surface area contributed by atoms with Gasteiger partial charge in [-0.2, -0.15) is 5.10 Å². The first-order valence-electron chi connectivity index (χ1n) is 9.46. The minimum absolute atomic E-state index is 0.923. The van der Waals surface area contributed by atoms with E-state index in [4.69, 9.17) is 0 Å². The molecule has 0 bridgehead atoms. The maximum Gasteiger partial charge on any atom is 0.0534 e. The van der Waals surface area contributed by atoms with E-state index in [0.29, 0.717) is 0 Å². The summed E-state index contributed by atoms with van der Waals surface area (Å²) in [6, 6.07) is 10.8. The Bertz CT molecular complexity index is 602. The first-order chi connectivity index (χ1) is 12.3. The number of rotatable bonds is 9. The summed E-state index contributed by atoms with van der Waals surface area (Å²) in [6.07, 6.45) is 6.52. The molecule has 1 fully saturated rings. The molecule has 2 aromatic rings. The summed E-state index contributed by atoms with van der Waals surface area (Å²) in [5.41, 5.74) is 2.69. The van der Waals surface area contributed by atoms with Gasteiger partial charge in [-0.1, -0.05) is 30.3 Å². The molecule has 25 heavy (non-hydrogen) atoms. The Morgan fingerprint density at radius 2 is 1.72 bits per heavy atom. The third-order valence-electron chi connectivity index (χ3n) is 4.88. The molecule has 0 aliphatic carbocycles. The van der Waals surface area contributed by atoms with Gasteiger partial charge in [-0.15, -0.1) is 0 Å². The molecule has 5 heteroatoms. The van der Waals surface area contributed by atoms with Crippen LogP contribution in [0.15, 0.2) is 42.7 Å². The molecule has 0 radical (unpaired) electrons. The Morgan fingerprint density at radius 3 is 2.44 bits per heavy atom. The van der Waals surface area contributed by atoms with Crippen molar-refractivity contribution >= 4 is 0 Å². The van der Waals surface area contributed by atoms with Crippen molar-refractivity contribution in [1.29, 1.82) is 0 Å². The lowest BCUT2D eigenvalue weighted by Crippen LogP contribution is -2.46. The number of aromatic nitrogens is 2. The Hall–Kier alpha value is -1.69. The number of benzene rings is 1. The van der Waals surface area contributed by atoms with Crippen molar-refractivity contribution in [2.45, 2.75) is 25.9 Å². The van der Waals surface area contributed by atoms with Crippen LogP contribution in [-0.4, -0.2) is 58.8 Å². The van der Waals surface area contributed by atoms with Gasteiger partial charge in [0.1, 0.15) is 0 Å². The molecule has 1 aliphatic rings. The highest BCUT2D eigenvalue weighted by Gasteiger charge is 2.16. The van der Waals surface area contributed by atoms with Gasteiger partial charge in [0, 0.05) is 58.1 Å². The average Bonchev–Trinajstić information content (AvgIpc) is 3.05. The second-order valence-corrected chi connectivity index (χ2v) is 7.01. The van der Waals surface area contributed by atoms with Crippen molar-refractivity contribution in [2.75, 3.05) is 39.3 Å². The molecule has 3 rings (SSSR count). The summed E-state index contributed by atoms with van der Waals surface area (Å²) >= 11 is 0. The second kappa shape index (κ2) is 9.70. The largest absolute Gasteiger partial charge is 0.313 e. The summed E-state index contributed by atoms with van der Waals surface area (Å²) in [5.74, 6) is 0. The number of aryl methyl sites for hydroxylation is 1. The zero-order valence-corrected chi connectivity index (χ0v) is 15.4. The molecule has 1 aromatic heterocycles. The molecule has 2 heterocycles. The van der Waals surface area contributed by atoms with Crippen molar-refractivity contribution in [3.05, 3.63) is 53.9 Å². The van der Waals surface area contributed by atoms with Gasteiger partial charge in [0.25, 0.3) is 0 Å². The van der Waals surface area contributed by atoms with Crippen LogP contribution in [0.2, 0.25) is 0 Å². The van der Waals surface area contributed by atoms with E-state index in [-0.39, 0.29) is 0 Å². The van der Waals surface area contributed by atoms with Crippen LogP contribution in [0.1, 0.15) is 24.0 Å². The van der Waals surface area contributed by atoms with E-state index in [1.165, 1.54) is 56.7 Å². The van der Waals surface area contributed by atoms with E-state index in [9.17, 15) is 0 Å². The maximum atomic E-state index is 4.19. The Balaban J connectivity index is 1.22. The number of unbranched alkanes of at least 4 members (excludes halogenated alkanes) is 1. The fraction of sp³-hybridized carbons (Fsp3) is 0.550. The lowest BCUT2D eigenvalue weighted by atomic mass is 10.2. The number of hydrogen-bond donors (Lipinski definition) is 1. The fourth-order valence-electron chi connectivity index (χ4n) is 3.39. The van der Waals surface area contributed by atoms with Crippen LogP contribution >= 0.6 is 0 Å². The van der Waals surface area contributed by atoms with Gasteiger partial charge < -0.3 is 10.2 Å². The van der Waals surface area contributed by atoms with Crippen molar-refractivity contribution in [3.63, 3.8) is 0 Å². The van der Waals surface area contributed by atoms with Crippen LogP contribution in [0.3, 0.4) is 0 Å².